The molecule has 1 saturated heterocycles. The summed E-state index contributed by atoms with van der Waals surface area (Å²) in [5, 5.41) is 20.2. The zero-order chi connectivity index (χ0) is 14.0. The molecular weight excluding hydrogens is 242 g/mol. The highest BCUT2D eigenvalue weighted by molar-refractivity contribution is 5.72. The molecule has 0 aromatic heterocycles. The Balaban J connectivity index is 0.000000411. The summed E-state index contributed by atoms with van der Waals surface area (Å²) in [5.74, 6) is -0.360. The summed E-state index contributed by atoms with van der Waals surface area (Å²) in [4.78, 5) is 23.6. The van der Waals surface area contributed by atoms with Crippen LogP contribution in [0.25, 0.3) is 0 Å². The Kier molecular flexibility index (Phi) is 8.85. The molecule has 1 atom stereocenters. The lowest BCUT2D eigenvalue weighted by Crippen LogP contribution is -2.28. The molecule has 1 heterocycles. The van der Waals surface area contributed by atoms with E-state index in [1.165, 1.54) is 6.92 Å². The zero-order valence-electron chi connectivity index (χ0n) is 10.5. The van der Waals surface area contributed by atoms with Crippen molar-refractivity contribution in [3.8, 4) is 0 Å². The van der Waals surface area contributed by atoms with Crippen molar-refractivity contribution in [2.45, 2.75) is 32.2 Å². The van der Waals surface area contributed by atoms with Gasteiger partial charge in [0.1, 0.15) is 6.04 Å². The fraction of sp³-hybridized carbons (Fsp3) is 0.900. The molecule has 1 aliphatic rings. The van der Waals surface area contributed by atoms with E-state index >= 15 is 0 Å². The second-order valence-electron chi connectivity index (χ2n) is 4.17. The van der Waals surface area contributed by atoms with Crippen LogP contribution in [0.3, 0.4) is 0 Å². The number of hydrogen-bond donors (Lipinski definition) is 3. The Labute approximate surface area is 106 Å². The van der Waals surface area contributed by atoms with Gasteiger partial charge in [-0.3, -0.25) is 4.79 Å². The maximum atomic E-state index is 9.81. The maximum Gasteiger partial charge on any atom is 0.320 e. The van der Waals surface area contributed by atoms with Crippen LogP contribution in [-0.4, -0.2) is 41.9 Å². The topological polar surface area (TPSA) is 128 Å². The van der Waals surface area contributed by atoms with Crippen molar-refractivity contribution in [3.05, 3.63) is 10.1 Å². The van der Waals surface area contributed by atoms with Crippen LogP contribution in [0.2, 0.25) is 0 Å². The van der Waals surface area contributed by atoms with Gasteiger partial charge in [-0.05, 0) is 45.2 Å². The average molecular weight is 263 g/mol. The minimum absolute atomic E-state index is 0.248. The van der Waals surface area contributed by atoms with Crippen LogP contribution >= 0.6 is 0 Å². The fourth-order valence-electron chi connectivity index (χ4n) is 1.46. The van der Waals surface area contributed by atoms with Gasteiger partial charge < -0.3 is 21.0 Å². The first-order chi connectivity index (χ1) is 8.43. The third kappa shape index (κ3) is 9.79. The van der Waals surface area contributed by atoms with Crippen LogP contribution in [0.5, 0.6) is 0 Å². The second-order valence-corrected chi connectivity index (χ2v) is 4.17. The highest BCUT2D eigenvalue weighted by atomic mass is 16.9. The summed E-state index contributed by atoms with van der Waals surface area (Å²) in [6.45, 7) is 3.73. The molecule has 0 unspecified atom stereocenters. The molecule has 0 spiro atoms. The number of piperidine rings is 1. The van der Waals surface area contributed by atoms with E-state index in [9.17, 15) is 14.9 Å². The lowest BCUT2D eigenvalue weighted by molar-refractivity contribution is -0.758. The largest absolute Gasteiger partial charge is 0.480 e. The number of nitrogens with one attached hydrogen (secondary N) is 1. The Bertz CT molecular complexity index is 254. The Hall–Kier alpha value is -1.41. The first kappa shape index (κ1) is 16.6. The van der Waals surface area contributed by atoms with Gasteiger partial charge in [0, 0.05) is 0 Å². The molecule has 0 bridgehead atoms. The molecule has 1 aliphatic heterocycles. The predicted molar refractivity (Wildman–Crippen MR) is 64.4 cm³/mol. The van der Waals surface area contributed by atoms with Gasteiger partial charge >= 0.3 is 5.97 Å². The van der Waals surface area contributed by atoms with Gasteiger partial charge in [-0.1, -0.05) is 0 Å². The molecule has 1 rings (SSSR count). The maximum absolute atomic E-state index is 9.81. The van der Waals surface area contributed by atoms with Gasteiger partial charge in [0.15, 0.2) is 0 Å². The quantitative estimate of drug-likeness (QED) is 0.470. The Morgan fingerprint density at radius 3 is 2.50 bits per heavy atom. The summed E-state index contributed by atoms with van der Waals surface area (Å²) in [6.07, 6.45) is 3.03. The minimum Gasteiger partial charge on any atom is -0.480 e. The van der Waals surface area contributed by atoms with Gasteiger partial charge in [-0.25, -0.2) is 0 Å². The van der Waals surface area contributed by atoms with E-state index in [2.05, 4.69) is 10.2 Å². The molecule has 106 valence electrons. The van der Waals surface area contributed by atoms with Crippen molar-refractivity contribution in [2.24, 2.45) is 11.7 Å². The number of hydrogen-bond acceptors (Lipinski definition) is 6. The highest BCUT2D eigenvalue weighted by Crippen LogP contribution is 2.15. The third-order valence-electron chi connectivity index (χ3n) is 2.57. The number of carboxylic acids is 1. The molecule has 4 N–H and O–H groups in total. The second kappa shape index (κ2) is 9.60. The van der Waals surface area contributed by atoms with E-state index in [1.54, 1.807) is 0 Å². The van der Waals surface area contributed by atoms with Crippen LogP contribution in [0.4, 0.5) is 0 Å². The molecule has 18 heavy (non-hydrogen) atoms. The molecular formula is C10H21N3O5. The number of carbonyl (C=O) groups is 1. The minimum atomic E-state index is -0.963. The molecule has 8 nitrogen and oxygen atoms in total. The van der Waals surface area contributed by atoms with Crippen LogP contribution in [0.1, 0.15) is 26.2 Å². The van der Waals surface area contributed by atoms with Gasteiger partial charge in [-0.2, -0.15) is 0 Å². The summed E-state index contributed by atoms with van der Waals surface area (Å²) in [7, 11) is 0. The zero-order valence-corrected chi connectivity index (χ0v) is 10.5. The van der Waals surface area contributed by atoms with Gasteiger partial charge in [0.05, 0.1) is 6.61 Å². The lowest BCUT2D eigenvalue weighted by atomic mass is 9.95. The number of carboxylic acid groups (broad SMARTS) is 1. The number of aliphatic carboxylic acids is 1. The third-order valence-corrected chi connectivity index (χ3v) is 2.57. The number of rotatable bonds is 5. The van der Waals surface area contributed by atoms with Gasteiger partial charge in [0.25, 0.3) is 5.09 Å². The van der Waals surface area contributed by atoms with Crippen molar-refractivity contribution in [3.63, 3.8) is 0 Å². The summed E-state index contributed by atoms with van der Waals surface area (Å²) < 4.78 is 0. The van der Waals surface area contributed by atoms with E-state index in [-0.39, 0.29) is 6.61 Å². The van der Waals surface area contributed by atoms with Crippen molar-refractivity contribution in [1.82, 2.24) is 5.32 Å². The molecule has 1 fully saturated rings. The molecule has 0 radical (unpaired) electrons. The summed E-state index contributed by atoms with van der Waals surface area (Å²) in [6, 6.07) is -0.731. The first-order valence-electron chi connectivity index (χ1n) is 5.90. The molecule has 8 heteroatoms. The van der Waals surface area contributed by atoms with Crippen LogP contribution in [0.15, 0.2) is 0 Å². The van der Waals surface area contributed by atoms with Crippen LogP contribution in [-0.2, 0) is 9.63 Å². The van der Waals surface area contributed by atoms with E-state index in [0.717, 1.165) is 32.4 Å². The van der Waals surface area contributed by atoms with E-state index in [1.807, 2.05) is 0 Å². The van der Waals surface area contributed by atoms with Crippen molar-refractivity contribution in [1.29, 1.82) is 0 Å². The standard InChI is InChI=1S/C7H14N2O3.C3H7NO2/c10-9(11)12-6-3-7-1-4-8-5-2-7;1-2(4)3(5)6/h7-8H,1-6H2;2H,4H2,1H3,(H,5,6)/t;2-/m.0/s1. The van der Waals surface area contributed by atoms with Crippen molar-refractivity contribution in [2.75, 3.05) is 19.7 Å². The highest BCUT2D eigenvalue weighted by Gasteiger charge is 2.12. The fourth-order valence-corrected chi connectivity index (χ4v) is 1.46. The number of nitrogens with two attached hydrogens (primary N) is 1. The molecule has 0 aliphatic carbocycles. The number of nitrogens with zero attached hydrogens (tertiary/aromatic N) is 1. The summed E-state index contributed by atoms with van der Waals surface area (Å²) >= 11 is 0. The SMILES string of the molecule is C[C@H](N)C(=O)O.O=[N+]([O-])OCCC1CCNCC1. The monoisotopic (exact) mass is 263 g/mol. The smallest absolute Gasteiger partial charge is 0.320 e. The van der Waals surface area contributed by atoms with Gasteiger partial charge in [-0.15, -0.1) is 10.1 Å². The normalized spacial score (nSPS) is 17.2. The molecule has 0 amide bonds. The molecule has 0 aromatic rings. The molecule has 0 aromatic carbocycles. The Morgan fingerprint density at radius 1 is 1.61 bits per heavy atom. The van der Waals surface area contributed by atoms with Crippen molar-refractivity contribution >= 4 is 5.97 Å². The van der Waals surface area contributed by atoms with E-state index in [0.29, 0.717) is 5.92 Å². The van der Waals surface area contributed by atoms with E-state index in [4.69, 9.17) is 10.8 Å². The predicted octanol–water partition coefficient (Wildman–Crippen LogP) is 0.00260. The van der Waals surface area contributed by atoms with E-state index < -0.39 is 17.1 Å². The van der Waals surface area contributed by atoms with Crippen LogP contribution in [0, 0.1) is 16.0 Å². The first-order valence-corrected chi connectivity index (χ1v) is 5.90. The van der Waals surface area contributed by atoms with Crippen LogP contribution < -0.4 is 11.1 Å². The summed E-state index contributed by atoms with van der Waals surface area (Å²) in [5.41, 5.74) is 4.84. The van der Waals surface area contributed by atoms with Gasteiger partial charge in [0.2, 0.25) is 0 Å². The van der Waals surface area contributed by atoms with Crippen molar-refractivity contribution < 1.29 is 19.8 Å². The molecule has 0 saturated carbocycles. The average Bonchev–Trinajstić information content (AvgIpc) is 2.30. The Morgan fingerprint density at radius 2 is 2.11 bits per heavy atom. The lowest BCUT2D eigenvalue weighted by Gasteiger charge is -2.21.